The summed E-state index contributed by atoms with van der Waals surface area (Å²) in [5.74, 6) is -0.729. The van der Waals surface area contributed by atoms with Crippen LogP contribution in [0.4, 0.5) is 11.6 Å². The maximum Gasteiger partial charge on any atom is 0.255 e. The lowest BCUT2D eigenvalue weighted by Gasteiger charge is -2.28. The highest BCUT2D eigenvalue weighted by molar-refractivity contribution is 6.05. The third-order valence-electron chi connectivity index (χ3n) is 5.28. The summed E-state index contributed by atoms with van der Waals surface area (Å²) in [6, 6.07) is 3.95. The van der Waals surface area contributed by atoms with Gasteiger partial charge in [0, 0.05) is 24.2 Å². The molecule has 0 saturated heterocycles. The molecule has 1 aromatic heterocycles. The zero-order valence-electron chi connectivity index (χ0n) is 15.3. The number of nitrogens with one attached hydrogen (secondary N) is 2. The standard InChI is InChI=1S/C19H21N5O3/c1-9-5-10(2)16-12(18(27)21-13(16)6-9)7-15(25)24-4-3-11-14(8-24)22-19(20)23-17(11)26/h5-6,12H,3-4,7-8H2,1-2H3,(H,21,27)(H3,20,22,23,26)/t12-/m1/s1. The van der Waals surface area contributed by atoms with E-state index in [-0.39, 0.29) is 36.3 Å². The molecule has 2 aliphatic rings. The van der Waals surface area contributed by atoms with E-state index >= 15 is 0 Å². The highest BCUT2D eigenvalue weighted by Crippen LogP contribution is 2.38. The molecule has 0 fully saturated rings. The van der Waals surface area contributed by atoms with Crippen LogP contribution < -0.4 is 16.6 Å². The second-order valence-corrected chi connectivity index (χ2v) is 7.23. The van der Waals surface area contributed by atoms with Crippen molar-refractivity contribution in [1.29, 1.82) is 0 Å². The van der Waals surface area contributed by atoms with Gasteiger partial charge in [-0.3, -0.25) is 19.4 Å². The van der Waals surface area contributed by atoms with Crippen molar-refractivity contribution in [2.45, 2.75) is 39.2 Å². The number of carbonyl (C=O) groups excluding carboxylic acids is 2. The molecule has 0 aliphatic carbocycles. The fourth-order valence-electron chi connectivity index (χ4n) is 4.07. The highest BCUT2D eigenvalue weighted by atomic mass is 16.2. The van der Waals surface area contributed by atoms with Crippen molar-refractivity contribution in [2.75, 3.05) is 17.6 Å². The van der Waals surface area contributed by atoms with Gasteiger partial charge in [-0.1, -0.05) is 6.07 Å². The summed E-state index contributed by atoms with van der Waals surface area (Å²) >= 11 is 0. The summed E-state index contributed by atoms with van der Waals surface area (Å²) in [5, 5.41) is 2.88. The Bertz CT molecular complexity index is 1030. The van der Waals surface area contributed by atoms with Crippen LogP contribution in [0.5, 0.6) is 0 Å². The van der Waals surface area contributed by atoms with E-state index in [1.54, 1.807) is 4.90 Å². The van der Waals surface area contributed by atoms with Crippen molar-refractivity contribution < 1.29 is 9.59 Å². The number of aromatic amines is 1. The lowest BCUT2D eigenvalue weighted by molar-refractivity contribution is -0.134. The van der Waals surface area contributed by atoms with E-state index in [1.165, 1.54) is 0 Å². The van der Waals surface area contributed by atoms with Crippen LogP contribution in [0.15, 0.2) is 16.9 Å². The molecule has 0 radical (unpaired) electrons. The number of fused-ring (bicyclic) bond motifs is 2. The number of aryl methyl sites for hydroxylation is 2. The van der Waals surface area contributed by atoms with E-state index in [4.69, 9.17) is 5.73 Å². The lowest BCUT2D eigenvalue weighted by Crippen LogP contribution is -2.40. The third kappa shape index (κ3) is 2.97. The van der Waals surface area contributed by atoms with Crippen molar-refractivity contribution in [2.24, 2.45) is 0 Å². The van der Waals surface area contributed by atoms with Crippen LogP contribution in [0.3, 0.4) is 0 Å². The van der Waals surface area contributed by atoms with Crippen LogP contribution >= 0.6 is 0 Å². The number of nitrogen functional groups attached to an aromatic ring is 1. The Hall–Kier alpha value is -3.16. The number of hydrogen-bond donors (Lipinski definition) is 3. The van der Waals surface area contributed by atoms with Crippen molar-refractivity contribution >= 4 is 23.5 Å². The van der Waals surface area contributed by atoms with Crippen molar-refractivity contribution in [3.05, 3.63) is 50.4 Å². The van der Waals surface area contributed by atoms with Crippen molar-refractivity contribution in [3.8, 4) is 0 Å². The number of nitrogens with zero attached hydrogens (tertiary/aromatic N) is 2. The molecule has 4 rings (SSSR count). The van der Waals surface area contributed by atoms with Gasteiger partial charge in [-0.25, -0.2) is 4.98 Å². The smallest absolute Gasteiger partial charge is 0.255 e. The quantitative estimate of drug-likeness (QED) is 0.730. The predicted molar refractivity (Wildman–Crippen MR) is 100 cm³/mol. The van der Waals surface area contributed by atoms with E-state index in [9.17, 15) is 14.4 Å². The van der Waals surface area contributed by atoms with Gasteiger partial charge in [0.1, 0.15) is 0 Å². The molecule has 4 N–H and O–H groups in total. The van der Waals surface area contributed by atoms with Gasteiger partial charge in [-0.15, -0.1) is 0 Å². The van der Waals surface area contributed by atoms with Gasteiger partial charge in [-0.2, -0.15) is 0 Å². The fourth-order valence-corrected chi connectivity index (χ4v) is 4.07. The van der Waals surface area contributed by atoms with E-state index in [0.29, 0.717) is 24.2 Å². The minimum atomic E-state index is -0.494. The number of hydrogen-bond acceptors (Lipinski definition) is 5. The minimum Gasteiger partial charge on any atom is -0.369 e. The first-order chi connectivity index (χ1) is 12.8. The Morgan fingerprint density at radius 3 is 2.89 bits per heavy atom. The van der Waals surface area contributed by atoms with Gasteiger partial charge in [0.05, 0.1) is 18.2 Å². The molecule has 8 nitrogen and oxygen atoms in total. The van der Waals surface area contributed by atoms with Gasteiger partial charge in [0.15, 0.2) is 0 Å². The Balaban J connectivity index is 1.56. The van der Waals surface area contributed by atoms with Crippen LogP contribution in [0.25, 0.3) is 0 Å². The Morgan fingerprint density at radius 2 is 2.11 bits per heavy atom. The monoisotopic (exact) mass is 367 g/mol. The molecule has 2 aromatic rings. The molecule has 1 atom stereocenters. The molecule has 0 spiro atoms. The van der Waals surface area contributed by atoms with Crippen molar-refractivity contribution in [3.63, 3.8) is 0 Å². The van der Waals surface area contributed by atoms with E-state index in [1.807, 2.05) is 26.0 Å². The summed E-state index contributed by atoms with van der Waals surface area (Å²) < 4.78 is 0. The normalized spacial score (nSPS) is 18.1. The Labute approximate surface area is 155 Å². The van der Waals surface area contributed by atoms with Gasteiger partial charge >= 0.3 is 0 Å². The summed E-state index contributed by atoms with van der Waals surface area (Å²) in [6.07, 6.45) is 0.520. The summed E-state index contributed by atoms with van der Waals surface area (Å²) in [7, 11) is 0. The van der Waals surface area contributed by atoms with Gasteiger partial charge in [-0.05, 0) is 43.0 Å². The molecule has 27 heavy (non-hydrogen) atoms. The molecular formula is C19H21N5O3. The molecule has 3 heterocycles. The average Bonchev–Trinajstić information content (AvgIpc) is 2.89. The average molecular weight is 367 g/mol. The molecule has 0 saturated carbocycles. The van der Waals surface area contributed by atoms with E-state index < -0.39 is 5.92 Å². The number of aromatic nitrogens is 2. The molecule has 2 aliphatic heterocycles. The fraction of sp³-hybridized carbons (Fsp3) is 0.368. The largest absolute Gasteiger partial charge is 0.369 e. The SMILES string of the molecule is Cc1cc(C)c2c(c1)NC(=O)[C@@H]2CC(=O)N1CCc2c(nc(N)[nH]c2=O)C1. The zero-order chi connectivity index (χ0) is 19.3. The van der Waals surface area contributed by atoms with Crippen LogP contribution in [0.2, 0.25) is 0 Å². The Kier molecular flexibility index (Phi) is 3.98. The number of nitrogens with two attached hydrogens (primary N) is 1. The molecule has 2 amide bonds. The maximum atomic E-state index is 12.9. The highest BCUT2D eigenvalue weighted by Gasteiger charge is 2.35. The number of rotatable bonds is 2. The molecule has 8 heteroatoms. The number of H-pyrrole nitrogens is 1. The topological polar surface area (TPSA) is 121 Å². The second-order valence-electron chi connectivity index (χ2n) is 7.23. The molecular weight excluding hydrogens is 346 g/mol. The zero-order valence-corrected chi connectivity index (χ0v) is 15.3. The van der Waals surface area contributed by atoms with Crippen LogP contribution in [-0.2, 0) is 22.6 Å². The predicted octanol–water partition coefficient (Wildman–Crippen LogP) is 0.980. The van der Waals surface area contributed by atoms with Gasteiger partial charge in [0.25, 0.3) is 5.56 Å². The summed E-state index contributed by atoms with van der Waals surface area (Å²) in [6.45, 7) is 4.59. The first kappa shape index (κ1) is 17.3. The third-order valence-corrected chi connectivity index (χ3v) is 5.28. The first-order valence-electron chi connectivity index (χ1n) is 8.91. The molecule has 140 valence electrons. The Morgan fingerprint density at radius 1 is 1.33 bits per heavy atom. The van der Waals surface area contributed by atoms with Gasteiger partial charge < -0.3 is 16.0 Å². The number of carbonyl (C=O) groups is 2. The number of amides is 2. The van der Waals surface area contributed by atoms with Crippen molar-refractivity contribution in [1.82, 2.24) is 14.9 Å². The summed E-state index contributed by atoms with van der Waals surface area (Å²) in [4.78, 5) is 45.6. The number of anilines is 2. The molecule has 0 bridgehead atoms. The number of benzene rings is 1. The summed E-state index contributed by atoms with van der Waals surface area (Å²) in [5.41, 5.74) is 10.2. The first-order valence-corrected chi connectivity index (χ1v) is 8.91. The second kappa shape index (κ2) is 6.22. The molecule has 0 unspecified atom stereocenters. The van der Waals surface area contributed by atoms with E-state index in [2.05, 4.69) is 15.3 Å². The van der Waals surface area contributed by atoms with Crippen LogP contribution in [0, 0.1) is 13.8 Å². The lowest BCUT2D eigenvalue weighted by atomic mass is 9.91. The van der Waals surface area contributed by atoms with Gasteiger partial charge in [0.2, 0.25) is 17.8 Å². The maximum absolute atomic E-state index is 12.9. The van der Waals surface area contributed by atoms with E-state index in [0.717, 1.165) is 22.4 Å². The van der Waals surface area contributed by atoms with Crippen LogP contribution in [0.1, 0.15) is 40.3 Å². The molecule has 1 aromatic carbocycles. The minimum absolute atomic E-state index is 0.0446. The van der Waals surface area contributed by atoms with Crippen LogP contribution in [-0.4, -0.2) is 33.2 Å².